The number of aromatic nitrogens is 1. The van der Waals surface area contributed by atoms with Gasteiger partial charge in [0.2, 0.25) is 0 Å². The van der Waals surface area contributed by atoms with E-state index in [-0.39, 0.29) is 11.3 Å². The highest BCUT2D eigenvalue weighted by atomic mass is 32.1. The molecule has 0 atom stereocenters. The Hall–Kier alpha value is -2.27. The second kappa shape index (κ2) is 4.68. The van der Waals surface area contributed by atoms with E-state index in [1.54, 1.807) is 12.1 Å². The maximum Gasteiger partial charge on any atom is 0.257 e. The number of nitrogens with one attached hydrogen (secondary N) is 1. The van der Waals surface area contributed by atoms with E-state index in [2.05, 4.69) is 4.98 Å². The van der Waals surface area contributed by atoms with Gasteiger partial charge in [0.1, 0.15) is 11.5 Å². The highest BCUT2D eigenvalue weighted by molar-refractivity contribution is 7.13. The number of rotatable bonds is 2. The number of benzene rings is 1. The number of hydrogen-bond donors (Lipinski definition) is 2. The van der Waals surface area contributed by atoms with E-state index in [1.807, 2.05) is 24.4 Å². The fourth-order valence-electron chi connectivity index (χ4n) is 2.41. The van der Waals surface area contributed by atoms with Crippen LogP contribution in [0.25, 0.3) is 21.3 Å². The van der Waals surface area contributed by atoms with Crippen molar-refractivity contribution in [3.63, 3.8) is 0 Å². The van der Waals surface area contributed by atoms with E-state index in [0.29, 0.717) is 22.2 Å². The van der Waals surface area contributed by atoms with Crippen molar-refractivity contribution in [2.45, 2.75) is 6.92 Å². The summed E-state index contributed by atoms with van der Waals surface area (Å²) in [5, 5.41) is 12.7. The van der Waals surface area contributed by atoms with Crippen LogP contribution in [0.3, 0.4) is 0 Å². The minimum Gasteiger partial charge on any atom is -0.507 e. The summed E-state index contributed by atoms with van der Waals surface area (Å²) < 4.78 is 5.11. The van der Waals surface area contributed by atoms with Gasteiger partial charge in [-0.25, -0.2) is 0 Å². The molecule has 0 aliphatic heterocycles. The molecule has 4 nitrogen and oxygen atoms in total. The van der Waals surface area contributed by atoms with Gasteiger partial charge in [-0.15, -0.1) is 11.3 Å². The molecule has 0 unspecified atom stereocenters. The van der Waals surface area contributed by atoms with Crippen LogP contribution in [0.15, 0.2) is 34.4 Å². The SMILES string of the molecule is COc1cc(O)c2c(C)c(-c3cccs3)c(=O)[nH]c2c1. The van der Waals surface area contributed by atoms with E-state index in [4.69, 9.17) is 4.74 Å². The van der Waals surface area contributed by atoms with Crippen molar-refractivity contribution in [2.75, 3.05) is 7.11 Å². The van der Waals surface area contributed by atoms with Crippen LogP contribution in [0, 0.1) is 6.92 Å². The van der Waals surface area contributed by atoms with E-state index in [0.717, 1.165) is 10.4 Å². The van der Waals surface area contributed by atoms with Crippen molar-refractivity contribution < 1.29 is 9.84 Å². The molecule has 2 heterocycles. The molecular formula is C15H13NO3S. The molecule has 2 aromatic heterocycles. The van der Waals surface area contributed by atoms with Crippen molar-refractivity contribution in [1.29, 1.82) is 0 Å². The second-order valence-corrected chi connectivity index (χ2v) is 5.45. The minimum atomic E-state index is -0.162. The fraction of sp³-hybridized carbons (Fsp3) is 0.133. The Bertz CT molecular complexity index is 834. The number of phenols is 1. The first-order valence-corrected chi connectivity index (χ1v) is 6.97. The molecule has 0 spiro atoms. The molecule has 0 bridgehead atoms. The van der Waals surface area contributed by atoms with Crippen LogP contribution in [0.1, 0.15) is 5.56 Å². The van der Waals surface area contributed by atoms with Crippen LogP contribution < -0.4 is 10.3 Å². The Morgan fingerprint density at radius 3 is 2.80 bits per heavy atom. The highest BCUT2D eigenvalue weighted by Crippen LogP contribution is 2.35. The molecule has 2 N–H and O–H groups in total. The first-order chi connectivity index (χ1) is 9.61. The average molecular weight is 287 g/mol. The Kier molecular flexibility index (Phi) is 2.99. The average Bonchev–Trinajstić information content (AvgIpc) is 2.91. The molecule has 102 valence electrons. The molecule has 0 aliphatic rings. The van der Waals surface area contributed by atoms with Crippen molar-refractivity contribution >= 4 is 22.2 Å². The number of hydrogen-bond acceptors (Lipinski definition) is 4. The van der Waals surface area contributed by atoms with E-state index >= 15 is 0 Å². The summed E-state index contributed by atoms with van der Waals surface area (Å²) in [5.41, 5.74) is 1.79. The molecule has 0 saturated carbocycles. The summed E-state index contributed by atoms with van der Waals surface area (Å²) in [6.45, 7) is 1.85. The van der Waals surface area contributed by atoms with Crippen molar-refractivity contribution in [2.24, 2.45) is 0 Å². The van der Waals surface area contributed by atoms with Crippen LogP contribution in [0.5, 0.6) is 11.5 Å². The number of aromatic amines is 1. The van der Waals surface area contributed by atoms with Crippen LogP contribution in [-0.4, -0.2) is 17.2 Å². The lowest BCUT2D eigenvalue weighted by Crippen LogP contribution is -2.10. The highest BCUT2D eigenvalue weighted by Gasteiger charge is 2.15. The number of phenolic OH excluding ortho intramolecular Hbond substituents is 1. The third-order valence-corrected chi connectivity index (χ3v) is 4.21. The molecule has 1 aromatic carbocycles. The van der Waals surface area contributed by atoms with E-state index in [9.17, 15) is 9.90 Å². The zero-order valence-corrected chi connectivity index (χ0v) is 11.9. The van der Waals surface area contributed by atoms with Gasteiger partial charge >= 0.3 is 0 Å². The zero-order chi connectivity index (χ0) is 14.3. The third-order valence-electron chi connectivity index (χ3n) is 3.32. The molecule has 0 radical (unpaired) electrons. The van der Waals surface area contributed by atoms with Crippen LogP contribution in [-0.2, 0) is 0 Å². The van der Waals surface area contributed by atoms with Crippen molar-refractivity contribution in [3.05, 3.63) is 45.6 Å². The number of aromatic hydroxyl groups is 1. The van der Waals surface area contributed by atoms with Crippen molar-refractivity contribution in [1.82, 2.24) is 4.98 Å². The van der Waals surface area contributed by atoms with E-state index in [1.165, 1.54) is 18.4 Å². The van der Waals surface area contributed by atoms with Crippen molar-refractivity contribution in [3.8, 4) is 21.9 Å². The lowest BCUT2D eigenvalue weighted by atomic mass is 10.0. The van der Waals surface area contributed by atoms with Gasteiger partial charge in [0.15, 0.2) is 0 Å². The first kappa shape index (κ1) is 12.7. The van der Waals surface area contributed by atoms with Gasteiger partial charge in [-0.2, -0.15) is 0 Å². The fourth-order valence-corrected chi connectivity index (χ4v) is 3.23. The molecule has 0 amide bonds. The number of ether oxygens (including phenoxy) is 1. The number of H-pyrrole nitrogens is 1. The Morgan fingerprint density at radius 2 is 2.15 bits per heavy atom. The number of pyridine rings is 1. The lowest BCUT2D eigenvalue weighted by molar-refractivity contribution is 0.409. The molecule has 0 fully saturated rings. The molecular weight excluding hydrogens is 274 g/mol. The third kappa shape index (κ3) is 1.87. The van der Waals surface area contributed by atoms with Gasteiger partial charge in [0.05, 0.1) is 18.2 Å². The first-order valence-electron chi connectivity index (χ1n) is 6.09. The monoisotopic (exact) mass is 287 g/mol. The minimum absolute atomic E-state index is 0.103. The van der Waals surface area contributed by atoms with Gasteiger partial charge in [0, 0.05) is 22.4 Å². The molecule has 20 heavy (non-hydrogen) atoms. The maximum absolute atomic E-state index is 12.3. The normalized spacial score (nSPS) is 10.9. The smallest absolute Gasteiger partial charge is 0.257 e. The van der Waals surface area contributed by atoms with Crippen LogP contribution in [0.4, 0.5) is 0 Å². The summed E-state index contributed by atoms with van der Waals surface area (Å²) >= 11 is 1.50. The zero-order valence-electron chi connectivity index (χ0n) is 11.1. The predicted molar refractivity (Wildman–Crippen MR) is 80.8 cm³/mol. The summed E-state index contributed by atoms with van der Waals surface area (Å²) in [4.78, 5) is 16.0. The predicted octanol–water partition coefficient (Wildman–Crippen LogP) is 3.28. The second-order valence-electron chi connectivity index (χ2n) is 4.50. The van der Waals surface area contributed by atoms with Gasteiger partial charge < -0.3 is 14.8 Å². The van der Waals surface area contributed by atoms with E-state index < -0.39 is 0 Å². The maximum atomic E-state index is 12.3. The molecule has 3 rings (SSSR count). The van der Waals surface area contributed by atoms with Crippen LogP contribution in [0.2, 0.25) is 0 Å². The molecule has 5 heteroatoms. The molecule has 0 aliphatic carbocycles. The Labute approximate surface area is 119 Å². The van der Waals surface area contributed by atoms with Crippen LogP contribution >= 0.6 is 11.3 Å². The van der Waals surface area contributed by atoms with Gasteiger partial charge in [-0.1, -0.05) is 6.07 Å². The Morgan fingerprint density at radius 1 is 1.35 bits per heavy atom. The summed E-state index contributed by atoms with van der Waals surface area (Å²) in [7, 11) is 1.52. The molecule has 0 saturated heterocycles. The Balaban J connectivity index is 2.41. The quantitative estimate of drug-likeness (QED) is 0.760. The topological polar surface area (TPSA) is 62.3 Å². The van der Waals surface area contributed by atoms with Gasteiger partial charge in [0.25, 0.3) is 5.56 Å². The number of thiophene rings is 1. The largest absolute Gasteiger partial charge is 0.507 e. The number of aryl methyl sites for hydroxylation is 1. The summed E-state index contributed by atoms with van der Waals surface area (Å²) in [6.07, 6.45) is 0. The van der Waals surface area contributed by atoms with Gasteiger partial charge in [-0.05, 0) is 23.9 Å². The summed E-state index contributed by atoms with van der Waals surface area (Å²) in [6, 6.07) is 7.05. The number of fused-ring (bicyclic) bond motifs is 1. The van der Waals surface area contributed by atoms with Gasteiger partial charge in [-0.3, -0.25) is 4.79 Å². The standard InChI is InChI=1S/C15H13NO3S/c1-8-13-10(6-9(19-2)7-11(13)17)16-15(18)14(8)12-4-3-5-20-12/h3-7,17H,1-2H3,(H,16,18). The molecule has 3 aromatic rings. The lowest BCUT2D eigenvalue weighted by Gasteiger charge is -2.10. The number of methoxy groups -OCH3 is 1. The summed E-state index contributed by atoms with van der Waals surface area (Å²) in [5.74, 6) is 0.611.